The Bertz CT molecular complexity index is 674. The number of nitrogens with one attached hydrogen (secondary N) is 1. The molecular formula is C15H21N5O2. The Balaban J connectivity index is 1.97. The topological polar surface area (TPSA) is 95.6 Å². The summed E-state index contributed by atoms with van der Waals surface area (Å²) in [5.41, 5.74) is 2.44. The van der Waals surface area contributed by atoms with Crippen molar-refractivity contribution in [1.82, 2.24) is 14.8 Å². The number of aliphatic hydroxyl groups is 1. The Morgan fingerprint density at radius 1 is 1.36 bits per heavy atom. The molecule has 0 bridgehead atoms. The zero-order chi connectivity index (χ0) is 15.5. The second kappa shape index (κ2) is 6.31. The van der Waals surface area contributed by atoms with Gasteiger partial charge in [0.1, 0.15) is 0 Å². The number of hydrogen-bond donors (Lipinski definition) is 3. The average molecular weight is 303 g/mol. The highest BCUT2D eigenvalue weighted by Gasteiger charge is 2.21. The van der Waals surface area contributed by atoms with Crippen molar-refractivity contribution in [2.24, 2.45) is 5.16 Å². The van der Waals surface area contributed by atoms with Gasteiger partial charge >= 0.3 is 0 Å². The molecule has 0 aromatic carbocycles. The Labute approximate surface area is 128 Å². The lowest BCUT2D eigenvalue weighted by atomic mass is 9.92. The van der Waals surface area contributed by atoms with E-state index in [1.807, 2.05) is 11.6 Å². The molecule has 1 fully saturated rings. The van der Waals surface area contributed by atoms with Crippen LogP contribution in [-0.2, 0) is 6.54 Å². The van der Waals surface area contributed by atoms with E-state index in [4.69, 9.17) is 5.21 Å². The fraction of sp³-hybridized carbons (Fsp3) is 0.533. The van der Waals surface area contributed by atoms with Gasteiger partial charge in [-0.05, 0) is 32.6 Å². The molecule has 0 aliphatic heterocycles. The number of fused-ring (bicyclic) bond motifs is 1. The first-order chi connectivity index (χ1) is 10.7. The van der Waals surface area contributed by atoms with Crippen molar-refractivity contribution in [3.63, 3.8) is 0 Å². The van der Waals surface area contributed by atoms with Gasteiger partial charge in [-0.25, -0.2) is 9.67 Å². The van der Waals surface area contributed by atoms with Crippen molar-refractivity contribution >= 4 is 22.9 Å². The van der Waals surface area contributed by atoms with Gasteiger partial charge in [-0.3, -0.25) is 0 Å². The molecule has 2 aromatic heterocycles. The highest BCUT2D eigenvalue weighted by molar-refractivity contribution is 6.00. The number of aliphatic hydroxyl groups excluding tert-OH is 1. The molecule has 0 amide bonds. The molecule has 1 aliphatic rings. The zero-order valence-corrected chi connectivity index (χ0v) is 12.6. The first-order valence-corrected chi connectivity index (χ1v) is 7.69. The van der Waals surface area contributed by atoms with Crippen LogP contribution in [0.5, 0.6) is 0 Å². The van der Waals surface area contributed by atoms with Gasteiger partial charge in [-0.2, -0.15) is 5.10 Å². The lowest BCUT2D eigenvalue weighted by Gasteiger charge is -2.27. The molecule has 2 heterocycles. The van der Waals surface area contributed by atoms with E-state index in [1.54, 1.807) is 12.4 Å². The van der Waals surface area contributed by atoms with Crippen LogP contribution in [-0.4, -0.2) is 43.4 Å². The van der Waals surface area contributed by atoms with Gasteiger partial charge in [0.15, 0.2) is 5.65 Å². The van der Waals surface area contributed by atoms with Gasteiger partial charge in [0.05, 0.1) is 29.6 Å². The molecule has 3 rings (SSSR count). The molecule has 0 radical (unpaired) electrons. The first kappa shape index (κ1) is 14.8. The number of aryl methyl sites for hydroxylation is 1. The number of hydrogen-bond acceptors (Lipinski definition) is 6. The van der Waals surface area contributed by atoms with Gasteiger partial charge < -0.3 is 15.6 Å². The molecule has 7 heteroatoms. The predicted octanol–water partition coefficient (Wildman–Crippen LogP) is 1.97. The number of anilines is 1. The van der Waals surface area contributed by atoms with Crippen molar-refractivity contribution in [2.75, 3.05) is 5.32 Å². The predicted molar refractivity (Wildman–Crippen MR) is 84.5 cm³/mol. The van der Waals surface area contributed by atoms with E-state index >= 15 is 0 Å². The molecule has 3 N–H and O–H groups in total. The fourth-order valence-electron chi connectivity index (χ4n) is 3.02. The van der Waals surface area contributed by atoms with Crippen molar-refractivity contribution < 1.29 is 10.3 Å². The first-order valence-electron chi connectivity index (χ1n) is 7.69. The lowest BCUT2D eigenvalue weighted by molar-refractivity contribution is 0.126. The quantitative estimate of drug-likeness (QED) is 0.456. The Morgan fingerprint density at radius 3 is 2.82 bits per heavy atom. The molecule has 0 saturated heterocycles. The van der Waals surface area contributed by atoms with Crippen LogP contribution in [0.4, 0.5) is 5.69 Å². The standard InChI is InChI=1S/C15H21N5O2/c1-2-20-15-13(9-17-20)14(10(7-16-15)8-18-22)19-11-3-5-12(21)6-4-11/h7-9,11-12,21-22H,2-6H2,1H3,(H,16,19). The summed E-state index contributed by atoms with van der Waals surface area (Å²) in [5, 5.41) is 30.4. The number of oxime groups is 1. The van der Waals surface area contributed by atoms with Crippen LogP contribution in [0.15, 0.2) is 17.5 Å². The van der Waals surface area contributed by atoms with E-state index < -0.39 is 0 Å². The van der Waals surface area contributed by atoms with E-state index in [0.717, 1.165) is 54.5 Å². The highest BCUT2D eigenvalue weighted by Crippen LogP contribution is 2.29. The molecule has 7 nitrogen and oxygen atoms in total. The minimum atomic E-state index is -0.183. The largest absolute Gasteiger partial charge is 0.411 e. The van der Waals surface area contributed by atoms with Gasteiger partial charge in [0, 0.05) is 24.3 Å². The minimum absolute atomic E-state index is 0.183. The number of pyridine rings is 1. The Hall–Kier alpha value is -2.15. The monoisotopic (exact) mass is 303 g/mol. The maximum absolute atomic E-state index is 9.63. The smallest absolute Gasteiger partial charge is 0.159 e. The van der Waals surface area contributed by atoms with E-state index in [9.17, 15) is 5.11 Å². The second-order valence-corrected chi connectivity index (χ2v) is 5.68. The summed E-state index contributed by atoms with van der Waals surface area (Å²) in [6, 6.07) is 0.296. The summed E-state index contributed by atoms with van der Waals surface area (Å²) in [6.45, 7) is 2.77. The third-order valence-electron chi connectivity index (χ3n) is 4.24. The van der Waals surface area contributed by atoms with Crippen LogP contribution in [0.2, 0.25) is 0 Å². The summed E-state index contributed by atoms with van der Waals surface area (Å²) in [4.78, 5) is 4.41. The molecular weight excluding hydrogens is 282 g/mol. The van der Waals surface area contributed by atoms with Gasteiger partial charge in [-0.15, -0.1) is 0 Å². The van der Waals surface area contributed by atoms with Crippen LogP contribution in [0.1, 0.15) is 38.2 Å². The molecule has 118 valence electrons. The highest BCUT2D eigenvalue weighted by atomic mass is 16.4. The molecule has 0 atom stereocenters. The maximum Gasteiger partial charge on any atom is 0.159 e. The molecule has 0 spiro atoms. The van der Waals surface area contributed by atoms with Gasteiger partial charge in [-0.1, -0.05) is 5.16 Å². The van der Waals surface area contributed by atoms with Crippen LogP contribution in [0, 0.1) is 0 Å². The summed E-state index contributed by atoms with van der Waals surface area (Å²) in [6.07, 6.45) is 8.14. The van der Waals surface area contributed by atoms with Crippen LogP contribution >= 0.6 is 0 Å². The van der Waals surface area contributed by atoms with Crippen LogP contribution < -0.4 is 5.32 Å². The van der Waals surface area contributed by atoms with Crippen molar-refractivity contribution in [3.8, 4) is 0 Å². The van der Waals surface area contributed by atoms with Crippen LogP contribution in [0.25, 0.3) is 11.0 Å². The minimum Gasteiger partial charge on any atom is -0.411 e. The Morgan fingerprint density at radius 2 is 2.14 bits per heavy atom. The van der Waals surface area contributed by atoms with E-state index in [0.29, 0.717) is 6.04 Å². The second-order valence-electron chi connectivity index (χ2n) is 5.68. The Kier molecular flexibility index (Phi) is 4.24. The molecule has 1 aliphatic carbocycles. The SMILES string of the molecule is CCn1ncc2c(NC3CCC(O)CC3)c(C=NO)cnc21. The molecule has 0 unspecified atom stereocenters. The summed E-state index contributed by atoms with van der Waals surface area (Å²) < 4.78 is 1.84. The lowest BCUT2D eigenvalue weighted by Crippen LogP contribution is -2.28. The third-order valence-corrected chi connectivity index (χ3v) is 4.24. The van der Waals surface area contributed by atoms with Crippen molar-refractivity contribution in [2.45, 2.75) is 51.3 Å². The summed E-state index contributed by atoms with van der Waals surface area (Å²) in [5.74, 6) is 0. The molecule has 2 aromatic rings. The molecule has 22 heavy (non-hydrogen) atoms. The number of rotatable bonds is 4. The number of aromatic nitrogens is 3. The van der Waals surface area contributed by atoms with E-state index in [1.165, 1.54) is 6.21 Å². The zero-order valence-electron chi connectivity index (χ0n) is 12.6. The normalized spacial score (nSPS) is 22.5. The van der Waals surface area contributed by atoms with Crippen molar-refractivity contribution in [1.29, 1.82) is 0 Å². The maximum atomic E-state index is 9.63. The van der Waals surface area contributed by atoms with Crippen molar-refractivity contribution in [3.05, 3.63) is 18.0 Å². The molecule has 1 saturated carbocycles. The number of nitrogens with zero attached hydrogens (tertiary/aromatic N) is 4. The van der Waals surface area contributed by atoms with E-state index in [2.05, 4.69) is 20.6 Å². The van der Waals surface area contributed by atoms with Gasteiger partial charge in [0.25, 0.3) is 0 Å². The fourth-order valence-corrected chi connectivity index (χ4v) is 3.02. The third kappa shape index (κ3) is 2.76. The summed E-state index contributed by atoms with van der Waals surface area (Å²) in [7, 11) is 0. The summed E-state index contributed by atoms with van der Waals surface area (Å²) >= 11 is 0. The average Bonchev–Trinajstić information content (AvgIpc) is 2.95. The van der Waals surface area contributed by atoms with E-state index in [-0.39, 0.29) is 6.10 Å². The van der Waals surface area contributed by atoms with Gasteiger partial charge in [0.2, 0.25) is 0 Å². The van der Waals surface area contributed by atoms with Crippen LogP contribution in [0.3, 0.4) is 0 Å².